The maximum absolute atomic E-state index is 12.3. The highest BCUT2D eigenvalue weighted by Crippen LogP contribution is 2.19. The molecular formula is C15H10ClN3O3. The van der Waals surface area contributed by atoms with Crippen LogP contribution in [0.25, 0.3) is 5.70 Å². The molecule has 1 N–H and O–H groups in total. The smallest absolute Gasteiger partial charge is 0.344 e. The summed E-state index contributed by atoms with van der Waals surface area (Å²) in [6.07, 6.45) is 2.90. The van der Waals surface area contributed by atoms with Gasteiger partial charge in [-0.1, -0.05) is 29.8 Å². The molecule has 1 aliphatic heterocycles. The van der Waals surface area contributed by atoms with E-state index in [9.17, 15) is 14.7 Å². The second-order valence-electron chi connectivity index (χ2n) is 4.52. The number of rotatable bonds is 3. The Bertz CT molecular complexity index is 772. The second kappa shape index (κ2) is 5.50. The molecule has 2 amide bonds. The zero-order valence-electron chi connectivity index (χ0n) is 11.2. The third-order valence-electron chi connectivity index (χ3n) is 3.08. The summed E-state index contributed by atoms with van der Waals surface area (Å²) in [5.74, 6) is -2.52. The van der Waals surface area contributed by atoms with Gasteiger partial charge in [0.05, 0.1) is 10.7 Å². The van der Waals surface area contributed by atoms with Crippen LogP contribution in [0.3, 0.4) is 0 Å². The molecule has 6 nitrogen and oxygen atoms in total. The first-order valence-corrected chi connectivity index (χ1v) is 6.74. The fraction of sp³-hybridized carbons (Fsp3) is 0. The second-order valence-corrected chi connectivity index (χ2v) is 4.96. The number of amides is 2. The molecule has 0 radical (unpaired) electrons. The van der Waals surface area contributed by atoms with Gasteiger partial charge in [0.15, 0.2) is 12.4 Å². The number of carbonyl (C=O) groups excluding carboxylic acids is 2. The third kappa shape index (κ3) is 2.40. The molecule has 0 saturated carbocycles. The third-order valence-corrected chi connectivity index (χ3v) is 3.33. The van der Waals surface area contributed by atoms with E-state index in [2.05, 4.69) is 5.43 Å². The Morgan fingerprint density at radius 3 is 2.27 bits per heavy atom. The molecule has 2 aromatic rings. The van der Waals surface area contributed by atoms with Gasteiger partial charge in [-0.2, -0.15) is 9.58 Å². The molecule has 110 valence electrons. The molecule has 0 fully saturated rings. The van der Waals surface area contributed by atoms with E-state index in [1.54, 1.807) is 30.3 Å². The number of para-hydroxylation sites is 1. The van der Waals surface area contributed by atoms with Crippen molar-refractivity contribution in [1.82, 2.24) is 5.01 Å². The maximum atomic E-state index is 12.3. The van der Waals surface area contributed by atoms with Gasteiger partial charge in [-0.15, -0.1) is 0 Å². The van der Waals surface area contributed by atoms with Gasteiger partial charge in [0.1, 0.15) is 0 Å². The van der Waals surface area contributed by atoms with Crippen LogP contribution < -0.4 is 15.1 Å². The monoisotopic (exact) mass is 315 g/mol. The minimum absolute atomic E-state index is 0.245. The quantitative estimate of drug-likeness (QED) is 0.663. The highest BCUT2D eigenvalue weighted by Gasteiger charge is 2.40. The molecular weight excluding hydrogens is 306 g/mol. The van der Waals surface area contributed by atoms with Crippen molar-refractivity contribution in [2.75, 3.05) is 5.43 Å². The summed E-state index contributed by atoms with van der Waals surface area (Å²) in [6.45, 7) is 0. The molecule has 22 heavy (non-hydrogen) atoms. The zero-order chi connectivity index (χ0) is 15.7. The zero-order valence-corrected chi connectivity index (χ0v) is 11.9. The summed E-state index contributed by atoms with van der Waals surface area (Å²) >= 11 is 5.77. The number of hydrogen-bond acceptors (Lipinski definition) is 4. The van der Waals surface area contributed by atoms with Crippen LogP contribution in [0.2, 0.25) is 5.02 Å². The molecule has 0 atom stereocenters. The van der Waals surface area contributed by atoms with Crippen molar-refractivity contribution >= 4 is 34.8 Å². The van der Waals surface area contributed by atoms with E-state index in [0.717, 1.165) is 0 Å². The molecule has 3 rings (SSSR count). The van der Waals surface area contributed by atoms with Gasteiger partial charge < -0.3 is 5.11 Å². The molecule has 1 aromatic carbocycles. The number of pyridine rings is 1. The lowest BCUT2D eigenvalue weighted by atomic mass is 10.3. The Labute approximate surface area is 130 Å². The molecule has 0 bridgehead atoms. The molecule has 7 heteroatoms. The number of aromatic nitrogens is 1. The standard InChI is InChI=1S/C15H10ClN3O3/c16-10-6-8-18(9-7-10)12-13(20)15(22)19(14(12)21)17-11-4-2-1-3-5-11/h1-9,17H. The molecule has 2 heterocycles. The van der Waals surface area contributed by atoms with Gasteiger partial charge in [-0.25, -0.2) is 0 Å². The highest BCUT2D eigenvalue weighted by atomic mass is 35.5. The summed E-state index contributed by atoms with van der Waals surface area (Å²) in [5, 5.41) is 13.2. The molecule has 0 saturated heterocycles. The van der Waals surface area contributed by atoms with Crippen LogP contribution in [-0.2, 0) is 9.59 Å². The molecule has 1 aliphatic rings. The number of hydrazine groups is 1. The minimum Gasteiger partial charge on any atom is -0.864 e. The first-order valence-electron chi connectivity index (χ1n) is 6.37. The van der Waals surface area contributed by atoms with Gasteiger partial charge in [-0.05, 0) is 12.1 Å². The Kier molecular flexibility index (Phi) is 3.52. The SMILES string of the molecule is O=C1C([O-])=C([n+]2ccc(Cl)cc2)C(=O)N1Nc1ccccc1. The van der Waals surface area contributed by atoms with Crippen LogP contribution in [0.15, 0.2) is 60.6 Å². The summed E-state index contributed by atoms with van der Waals surface area (Å²) in [6, 6.07) is 11.7. The lowest BCUT2D eigenvalue weighted by Gasteiger charge is -2.16. The van der Waals surface area contributed by atoms with Crippen LogP contribution >= 0.6 is 11.6 Å². The predicted octanol–water partition coefficient (Wildman–Crippen LogP) is 0.552. The van der Waals surface area contributed by atoms with E-state index < -0.39 is 17.6 Å². The molecule has 1 aromatic heterocycles. The summed E-state index contributed by atoms with van der Waals surface area (Å²) in [7, 11) is 0. The van der Waals surface area contributed by atoms with Crippen molar-refractivity contribution < 1.29 is 19.3 Å². The minimum atomic E-state index is -0.925. The number of halogens is 1. The van der Waals surface area contributed by atoms with Crippen molar-refractivity contribution in [1.29, 1.82) is 0 Å². The Morgan fingerprint density at radius 2 is 1.64 bits per heavy atom. The van der Waals surface area contributed by atoms with Gasteiger partial charge in [0, 0.05) is 17.9 Å². The fourth-order valence-corrected chi connectivity index (χ4v) is 2.14. The van der Waals surface area contributed by atoms with Gasteiger partial charge >= 0.3 is 5.91 Å². The molecule has 0 spiro atoms. The Balaban J connectivity index is 1.92. The van der Waals surface area contributed by atoms with Gasteiger partial charge in [-0.3, -0.25) is 15.0 Å². The van der Waals surface area contributed by atoms with Crippen molar-refractivity contribution in [2.24, 2.45) is 0 Å². The number of anilines is 1. The van der Waals surface area contributed by atoms with E-state index in [1.165, 1.54) is 29.1 Å². The van der Waals surface area contributed by atoms with Crippen molar-refractivity contribution in [3.63, 3.8) is 0 Å². The van der Waals surface area contributed by atoms with Crippen LogP contribution in [0.1, 0.15) is 0 Å². The Morgan fingerprint density at radius 1 is 1.00 bits per heavy atom. The summed E-state index contributed by atoms with van der Waals surface area (Å²) in [4.78, 5) is 24.4. The first-order chi connectivity index (χ1) is 10.6. The van der Waals surface area contributed by atoms with Crippen LogP contribution in [0, 0.1) is 0 Å². The van der Waals surface area contributed by atoms with Crippen LogP contribution in [-0.4, -0.2) is 16.8 Å². The van der Waals surface area contributed by atoms with Gasteiger partial charge in [0.25, 0.3) is 11.6 Å². The topological polar surface area (TPSA) is 76.3 Å². The lowest BCUT2D eigenvalue weighted by Crippen LogP contribution is -2.42. The normalized spacial score (nSPS) is 14.7. The van der Waals surface area contributed by atoms with Crippen LogP contribution in [0.4, 0.5) is 5.69 Å². The van der Waals surface area contributed by atoms with Crippen LogP contribution in [0.5, 0.6) is 0 Å². The van der Waals surface area contributed by atoms with E-state index in [-0.39, 0.29) is 5.70 Å². The van der Waals surface area contributed by atoms with Crippen molar-refractivity contribution in [2.45, 2.75) is 0 Å². The average Bonchev–Trinajstić information content (AvgIpc) is 2.73. The lowest BCUT2D eigenvalue weighted by molar-refractivity contribution is -0.581. The number of nitrogens with one attached hydrogen (secondary N) is 1. The largest absolute Gasteiger partial charge is 0.864 e. The number of nitrogens with zero attached hydrogens (tertiary/aromatic N) is 2. The Hall–Kier alpha value is -2.86. The van der Waals surface area contributed by atoms with E-state index in [4.69, 9.17) is 11.6 Å². The average molecular weight is 316 g/mol. The number of benzene rings is 1. The van der Waals surface area contributed by atoms with E-state index in [1.807, 2.05) is 0 Å². The molecule has 0 aliphatic carbocycles. The summed E-state index contributed by atoms with van der Waals surface area (Å²) in [5.41, 5.74) is 2.92. The first kappa shape index (κ1) is 14.1. The predicted molar refractivity (Wildman–Crippen MR) is 76.8 cm³/mol. The van der Waals surface area contributed by atoms with Crippen molar-refractivity contribution in [3.8, 4) is 0 Å². The van der Waals surface area contributed by atoms with Crippen molar-refractivity contribution in [3.05, 3.63) is 65.6 Å². The van der Waals surface area contributed by atoms with Gasteiger partial charge in [0.2, 0.25) is 0 Å². The number of carbonyl (C=O) groups is 2. The summed E-state index contributed by atoms with van der Waals surface area (Å²) < 4.78 is 1.28. The van der Waals surface area contributed by atoms with E-state index in [0.29, 0.717) is 15.7 Å². The number of hydrogen-bond donors (Lipinski definition) is 1. The fourth-order valence-electron chi connectivity index (χ4n) is 2.03. The van der Waals surface area contributed by atoms with E-state index >= 15 is 0 Å². The maximum Gasteiger partial charge on any atom is 0.344 e. The molecule has 0 unspecified atom stereocenters. The highest BCUT2D eigenvalue weighted by molar-refractivity contribution is 6.30. The number of imide groups is 1.